The Hall–Kier alpha value is -0.290. The van der Waals surface area contributed by atoms with Gasteiger partial charge in [-0.2, -0.15) is 0 Å². The first-order valence-corrected chi connectivity index (χ1v) is 6.96. The molecule has 0 aliphatic carbocycles. The van der Waals surface area contributed by atoms with Gasteiger partial charge in [0.1, 0.15) is 17.4 Å². The van der Waals surface area contributed by atoms with Crippen LogP contribution < -0.4 is 0 Å². The van der Waals surface area contributed by atoms with Crippen LogP contribution >= 0.6 is 31.9 Å². The van der Waals surface area contributed by atoms with Crippen molar-refractivity contribution in [3.63, 3.8) is 0 Å². The van der Waals surface area contributed by atoms with Crippen LogP contribution in [0.5, 0.6) is 0 Å². The van der Waals surface area contributed by atoms with Gasteiger partial charge < -0.3 is 0 Å². The highest BCUT2D eigenvalue weighted by Crippen LogP contribution is 2.25. The van der Waals surface area contributed by atoms with Gasteiger partial charge in [-0.1, -0.05) is 38.8 Å². The standard InChI is InChI=1S/C12H12Br2F2O/c1-2-3-12(17)10(14)6-8-9(13)4-7(15)5-11(8)16/h4-5,10H,2-3,6H2,1H3. The molecule has 94 valence electrons. The Bertz CT molecular complexity index is 398. The van der Waals surface area contributed by atoms with Crippen molar-refractivity contribution in [3.05, 3.63) is 33.8 Å². The van der Waals surface area contributed by atoms with Gasteiger partial charge in [-0.05, 0) is 18.9 Å². The monoisotopic (exact) mass is 368 g/mol. The summed E-state index contributed by atoms with van der Waals surface area (Å²) in [4.78, 5) is 11.1. The lowest BCUT2D eigenvalue weighted by Gasteiger charge is -2.11. The van der Waals surface area contributed by atoms with Crippen LogP contribution in [0.15, 0.2) is 16.6 Å². The minimum absolute atomic E-state index is 0.0307. The average molecular weight is 370 g/mol. The second-order valence-electron chi connectivity index (χ2n) is 3.74. The third-order valence-electron chi connectivity index (χ3n) is 2.33. The average Bonchev–Trinajstić information content (AvgIpc) is 2.23. The molecule has 0 heterocycles. The number of hydrogen-bond donors (Lipinski definition) is 0. The molecule has 1 aromatic carbocycles. The number of carbonyl (C=O) groups is 1. The van der Waals surface area contributed by atoms with E-state index in [2.05, 4.69) is 31.9 Å². The zero-order valence-corrected chi connectivity index (χ0v) is 12.4. The van der Waals surface area contributed by atoms with Crippen LogP contribution in [0.25, 0.3) is 0 Å². The molecule has 1 unspecified atom stereocenters. The highest BCUT2D eigenvalue weighted by atomic mass is 79.9. The van der Waals surface area contributed by atoms with E-state index < -0.39 is 16.5 Å². The fraction of sp³-hybridized carbons (Fsp3) is 0.417. The molecule has 0 fully saturated rings. The Kier molecular flexibility index (Phi) is 5.73. The lowest BCUT2D eigenvalue weighted by molar-refractivity contribution is -0.118. The van der Waals surface area contributed by atoms with Crippen LogP contribution in [0.3, 0.4) is 0 Å². The van der Waals surface area contributed by atoms with Crippen molar-refractivity contribution in [3.8, 4) is 0 Å². The smallest absolute Gasteiger partial charge is 0.146 e. The summed E-state index contributed by atoms with van der Waals surface area (Å²) in [5.41, 5.74) is 0.317. The molecule has 0 radical (unpaired) electrons. The zero-order chi connectivity index (χ0) is 13.0. The van der Waals surface area contributed by atoms with E-state index in [-0.39, 0.29) is 12.2 Å². The molecule has 0 spiro atoms. The predicted molar refractivity (Wildman–Crippen MR) is 70.4 cm³/mol. The van der Waals surface area contributed by atoms with E-state index in [1.165, 1.54) is 6.07 Å². The van der Waals surface area contributed by atoms with E-state index >= 15 is 0 Å². The Balaban J connectivity index is 2.85. The summed E-state index contributed by atoms with van der Waals surface area (Å²) in [6.07, 6.45) is 1.43. The summed E-state index contributed by atoms with van der Waals surface area (Å²) >= 11 is 6.34. The summed E-state index contributed by atoms with van der Waals surface area (Å²) in [7, 11) is 0. The van der Waals surface area contributed by atoms with Crippen molar-refractivity contribution < 1.29 is 13.6 Å². The van der Waals surface area contributed by atoms with Gasteiger partial charge in [-0.25, -0.2) is 8.78 Å². The van der Waals surface area contributed by atoms with Gasteiger partial charge in [0, 0.05) is 22.5 Å². The summed E-state index contributed by atoms with van der Waals surface area (Å²) in [5, 5.41) is 0. The lowest BCUT2D eigenvalue weighted by atomic mass is 10.0. The predicted octanol–water partition coefficient (Wildman–Crippen LogP) is 4.40. The Morgan fingerprint density at radius 2 is 2.06 bits per heavy atom. The number of ketones is 1. The summed E-state index contributed by atoms with van der Waals surface area (Å²) in [5.74, 6) is -1.24. The number of hydrogen-bond acceptors (Lipinski definition) is 1. The molecule has 1 rings (SSSR count). The number of alkyl halides is 1. The zero-order valence-electron chi connectivity index (χ0n) is 9.27. The Morgan fingerprint density at radius 1 is 1.41 bits per heavy atom. The van der Waals surface area contributed by atoms with E-state index in [0.717, 1.165) is 12.5 Å². The molecular weight excluding hydrogens is 358 g/mol. The van der Waals surface area contributed by atoms with E-state index in [9.17, 15) is 13.6 Å². The Labute approximate surface area is 116 Å². The van der Waals surface area contributed by atoms with Crippen molar-refractivity contribution in [2.75, 3.05) is 0 Å². The van der Waals surface area contributed by atoms with E-state index in [1.807, 2.05) is 6.92 Å². The number of rotatable bonds is 5. The van der Waals surface area contributed by atoms with Crippen LogP contribution in [0.4, 0.5) is 8.78 Å². The number of halogens is 4. The van der Waals surface area contributed by atoms with Gasteiger partial charge in [-0.3, -0.25) is 4.79 Å². The normalized spacial score (nSPS) is 12.5. The molecular formula is C12H12Br2F2O. The number of benzene rings is 1. The van der Waals surface area contributed by atoms with Crippen molar-refractivity contribution in [2.24, 2.45) is 0 Å². The Morgan fingerprint density at radius 3 is 2.59 bits per heavy atom. The summed E-state index contributed by atoms with van der Waals surface area (Å²) in [6, 6.07) is 2.02. The van der Waals surface area contributed by atoms with Crippen molar-refractivity contribution >= 4 is 37.6 Å². The molecule has 0 N–H and O–H groups in total. The summed E-state index contributed by atoms with van der Waals surface area (Å²) < 4.78 is 26.7. The third kappa shape index (κ3) is 4.14. The molecule has 0 amide bonds. The molecule has 17 heavy (non-hydrogen) atoms. The van der Waals surface area contributed by atoms with Gasteiger partial charge >= 0.3 is 0 Å². The minimum Gasteiger partial charge on any atom is -0.298 e. The number of carbonyl (C=O) groups excluding carboxylic acids is 1. The second kappa shape index (κ2) is 6.59. The maximum absolute atomic E-state index is 13.5. The molecule has 0 aliphatic rings. The van der Waals surface area contributed by atoms with Crippen LogP contribution in [-0.2, 0) is 11.2 Å². The molecule has 5 heteroatoms. The van der Waals surface area contributed by atoms with Crippen molar-refractivity contribution in [1.82, 2.24) is 0 Å². The van der Waals surface area contributed by atoms with Crippen molar-refractivity contribution in [2.45, 2.75) is 31.0 Å². The third-order valence-corrected chi connectivity index (χ3v) is 3.88. The van der Waals surface area contributed by atoms with Gasteiger partial charge in [0.25, 0.3) is 0 Å². The first kappa shape index (κ1) is 14.8. The largest absolute Gasteiger partial charge is 0.298 e. The molecule has 0 aromatic heterocycles. The molecule has 0 bridgehead atoms. The van der Waals surface area contributed by atoms with Gasteiger partial charge in [0.05, 0.1) is 4.83 Å². The lowest BCUT2D eigenvalue weighted by Crippen LogP contribution is -2.17. The van der Waals surface area contributed by atoms with Gasteiger partial charge in [0.2, 0.25) is 0 Å². The molecule has 0 saturated heterocycles. The van der Waals surface area contributed by atoms with Gasteiger partial charge in [0.15, 0.2) is 0 Å². The molecule has 1 nitrogen and oxygen atoms in total. The fourth-order valence-corrected chi connectivity index (χ4v) is 2.59. The van der Waals surface area contributed by atoms with Gasteiger partial charge in [-0.15, -0.1) is 0 Å². The van der Waals surface area contributed by atoms with Crippen LogP contribution in [0.1, 0.15) is 25.3 Å². The molecule has 1 aromatic rings. The molecule has 1 atom stereocenters. The van der Waals surface area contributed by atoms with Crippen LogP contribution in [-0.4, -0.2) is 10.6 Å². The first-order chi connectivity index (χ1) is 7.95. The maximum Gasteiger partial charge on any atom is 0.146 e. The van der Waals surface area contributed by atoms with Crippen LogP contribution in [0, 0.1) is 11.6 Å². The minimum atomic E-state index is -0.635. The fourth-order valence-electron chi connectivity index (χ4n) is 1.46. The highest BCUT2D eigenvalue weighted by molar-refractivity contribution is 9.10. The first-order valence-electron chi connectivity index (χ1n) is 5.26. The highest BCUT2D eigenvalue weighted by Gasteiger charge is 2.19. The summed E-state index contributed by atoms with van der Waals surface area (Å²) in [6.45, 7) is 1.91. The van der Waals surface area contributed by atoms with Crippen molar-refractivity contribution in [1.29, 1.82) is 0 Å². The van der Waals surface area contributed by atoms with E-state index in [0.29, 0.717) is 16.5 Å². The van der Waals surface area contributed by atoms with E-state index in [1.54, 1.807) is 0 Å². The molecule has 0 saturated carbocycles. The van der Waals surface area contributed by atoms with E-state index in [4.69, 9.17) is 0 Å². The SMILES string of the molecule is CCCC(=O)C(Br)Cc1c(F)cc(F)cc1Br. The number of Topliss-reactive ketones (excluding diaryl/α,β-unsaturated/α-hetero) is 1. The van der Waals surface area contributed by atoms with Crippen LogP contribution in [0.2, 0.25) is 0 Å². The second-order valence-corrected chi connectivity index (χ2v) is 5.70. The molecule has 0 aliphatic heterocycles. The topological polar surface area (TPSA) is 17.1 Å². The maximum atomic E-state index is 13.5. The quantitative estimate of drug-likeness (QED) is 0.703.